The van der Waals surface area contributed by atoms with Gasteiger partial charge in [0.2, 0.25) is 0 Å². The maximum Gasteiger partial charge on any atom is 0.300 e. The number of benzene rings is 1. The van der Waals surface area contributed by atoms with E-state index in [1.807, 2.05) is 0 Å². The number of nitro benzene ring substituents is 1. The first kappa shape index (κ1) is 15.2. The third-order valence-corrected chi connectivity index (χ3v) is 2.83. The maximum absolute atomic E-state index is 12.3. The molecule has 0 N–H and O–H groups in total. The first-order valence-electron chi connectivity index (χ1n) is 5.75. The molecule has 0 aliphatic rings. The number of carbonyl (C=O) groups excluding carboxylic acids is 1. The standard InChI is InChI=1S/C13H15ClN2O3/c1-4-15(8-9(2)3)13(17)10-6-5-7-11(14)12(10)16(18)19/h5-7H,2,4,8H2,1,3H3. The summed E-state index contributed by atoms with van der Waals surface area (Å²) in [5, 5.41) is 11.0. The van der Waals surface area contributed by atoms with Gasteiger partial charge in [-0.2, -0.15) is 0 Å². The molecule has 0 heterocycles. The molecule has 6 heteroatoms. The largest absolute Gasteiger partial charge is 0.335 e. The molecule has 1 aromatic rings. The number of hydrogen-bond acceptors (Lipinski definition) is 3. The number of nitro groups is 1. The van der Waals surface area contributed by atoms with Crippen LogP contribution in [0.2, 0.25) is 5.02 Å². The number of carbonyl (C=O) groups is 1. The van der Waals surface area contributed by atoms with E-state index in [0.717, 1.165) is 5.57 Å². The summed E-state index contributed by atoms with van der Waals surface area (Å²) in [6.07, 6.45) is 0. The number of hydrogen-bond donors (Lipinski definition) is 0. The molecule has 0 bridgehead atoms. The van der Waals surface area contributed by atoms with Crippen LogP contribution >= 0.6 is 11.6 Å². The van der Waals surface area contributed by atoms with Gasteiger partial charge in [-0.3, -0.25) is 14.9 Å². The molecule has 0 fully saturated rings. The second-order valence-electron chi connectivity index (χ2n) is 4.17. The number of amides is 1. The summed E-state index contributed by atoms with van der Waals surface area (Å²) in [4.78, 5) is 24.2. The average Bonchev–Trinajstić information content (AvgIpc) is 2.34. The molecule has 1 aromatic carbocycles. The van der Waals surface area contributed by atoms with Crippen molar-refractivity contribution in [3.8, 4) is 0 Å². The summed E-state index contributed by atoms with van der Waals surface area (Å²) in [7, 11) is 0. The van der Waals surface area contributed by atoms with Crippen molar-refractivity contribution in [3.63, 3.8) is 0 Å². The van der Waals surface area contributed by atoms with E-state index in [1.165, 1.54) is 23.1 Å². The quantitative estimate of drug-likeness (QED) is 0.473. The highest BCUT2D eigenvalue weighted by molar-refractivity contribution is 6.33. The van der Waals surface area contributed by atoms with E-state index in [0.29, 0.717) is 13.1 Å². The Morgan fingerprint density at radius 3 is 2.63 bits per heavy atom. The average molecular weight is 283 g/mol. The smallest absolute Gasteiger partial charge is 0.300 e. The molecule has 1 rings (SSSR count). The predicted octanol–water partition coefficient (Wildman–Crippen LogP) is 3.29. The molecule has 102 valence electrons. The molecule has 0 spiro atoms. The molecule has 0 saturated carbocycles. The number of halogens is 1. The molecule has 0 aromatic heterocycles. The maximum atomic E-state index is 12.3. The minimum atomic E-state index is -0.635. The van der Waals surface area contributed by atoms with E-state index in [9.17, 15) is 14.9 Å². The zero-order chi connectivity index (χ0) is 14.6. The SMILES string of the molecule is C=C(C)CN(CC)C(=O)c1cccc(Cl)c1[N+](=O)[O-]. The minimum absolute atomic E-state index is 0.000556. The van der Waals surface area contributed by atoms with Crippen LogP contribution in [0.1, 0.15) is 24.2 Å². The van der Waals surface area contributed by atoms with Gasteiger partial charge in [-0.25, -0.2) is 0 Å². The van der Waals surface area contributed by atoms with Gasteiger partial charge in [-0.15, -0.1) is 0 Å². The van der Waals surface area contributed by atoms with Crippen molar-refractivity contribution in [2.75, 3.05) is 13.1 Å². The van der Waals surface area contributed by atoms with Crippen LogP contribution in [0.5, 0.6) is 0 Å². The van der Waals surface area contributed by atoms with Crippen LogP contribution in [0.4, 0.5) is 5.69 Å². The van der Waals surface area contributed by atoms with Gasteiger partial charge in [-0.05, 0) is 26.0 Å². The summed E-state index contributed by atoms with van der Waals surface area (Å²) in [5.74, 6) is -0.417. The van der Waals surface area contributed by atoms with Crippen molar-refractivity contribution < 1.29 is 9.72 Å². The van der Waals surface area contributed by atoms with E-state index < -0.39 is 10.8 Å². The van der Waals surface area contributed by atoms with Crippen LogP contribution in [0.3, 0.4) is 0 Å². The monoisotopic (exact) mass is 282 g/mol. The van der Waals surface area contributed by atoms with Crippen LogP contribution in [-0.2, 0) is 0 Å². The lowest BCUT2D eigenvalue weighted by Gasteiger charge is -2.21. The highest BCUT2D eigenvalue weighted by atomic mass is 35.5. The van der Waals surface area contributed by atoms with Gasteiger partial charge >= 0.3 is 5.69 Å². The van der Waals surface area contributed by atoms with Crippen molar-refractivity contribution >= 4 is 23.2 Å². The molecule has 0 radical (unpaired) electrons. The summed E-state index contributed by atoms with van der Waals surface area (Å²) in [6, 6.07) is 4.33. The van der Waals surface area contributed by atoms with Crippen molar-refractivity contribution in [3.05, 3.63) is 51.1 Å². The number of para-hydroxylation sites is 1. The van der Waals surface area contributed by atoms with E-state index in [2.05, 4.69) is 6.58 Å². The van der Waals surface area contributed by atoms with Gasteiger partial charge in [0.25, 0.3) is 5.91 Å². The zero-order valence-electron chi connectivity index (χ0n) is 10.9. The third kappa shape index (κ3) is 3.54. The number of rotatable bonds is 5. The van der Waals surface area contributed by atoms with Gasteiger partial charge < -0.3 is 4.90 Å². The fourth-order valence-corrected chi connectivity index (χ4v) is 1.94. The second-order valence-corrected chi connectivity index (χ2v) is 4.58. The molecule has 0 unspecified atom stereocenters. The van der Waals surface area contributed by atoms with Crippen LogP contribution in [0.25, 0.3) is 0 Å². The van der Waals surface area contributed by atoms with Crippen LogP contribution in [0, 0.1) is 10.1 Å². The fraction of sp³-hybridized carbons (Fsp3) is 0.308. The van der Waals surface area contributed by atoms with Crippen LogP contribution in [-0.4, -0.2) is 28.8 Å². The highest BCUT2D eigenvalue weighted by Crippen LogP contribution is 2.29. The lowest BCUT2D eigenvalue weighted by atomic mass is 10.1. The lowest BCUT2D eigenvalue weighted by Crippen LogP contribution is -2.32. The van der Waals surface area contributed by atoms with Crippen LogP contribution in [0.15, 0.2) is 30.4 Å². The summed E-state index contributed by atoms with van der Waals surface area (Å²) in [6.45, 7) is 8.14. The first-order valence-corrected chi connectivity index (χ1v) is 6.12. The normalized spacial score (nSPS) is 10.1. The predicted molar refractivity (Wildman–Crippen MR) is 74.5 cm³/mol. The molecular formula is C13H15ClN2O3. The summed E-state index contributed by atoms with van der Waals surface area (Å²) < 4.78 is 0. The molecule has 1 amide bonds. The highest BCUT2D eigenvalue weighted by Gasteiger charge is 2.26. The molecule has 0 aliphatic heterocycles. The Morgan fingerprint density at radius 1 is 1.53 bits per heavy atom. The lowest BCUT2D eigenvalue weighted by molar-refractivity contribution is -0.385. The van der Waals surface area contributed by atoms with E-state index in [-0.39, 0.29) is 16.3 Å². The third-order valence-electron chi connectivity index (χ3n) is 2.53. The topological polar surface area (TPSA) is 63.5 Å². The molecule has 0 saturated heterocycles. The van der Waals surface area contributed by atoms with Gasteiger partial charge in [0.1, 0.15) is 10.6 Å². The number of likely N-dealkylation sites (N-methyl/N-ethyl adjacent to an activating group) is 1. The fourth-order valence-electron chi connectivity index (χ4n) is 1.70. The van der Waals surface area contributed by atoms with Crippen molar-refractivity contribution in [1.82, 2.24) is 4.90 Å². The van der Waals surface area contributed by atoms with E-state index >= 15 is 0 Å². The summed E-state index contributed by atoms with van der Waals surface area (Å²) in [5.41, 5.74) is 0.454. The number of nitrogens with zero attached hydrogens (tertiary/aromatic N) is 2. The van der Waals surface area contributed by atoms with Gasteiger partial charge in [0, 0.05) is 13.1 Å². The Kier molecular flexibility index (Phi) is 5.06. The van der Waals surface area contributed by atoms with E-state index in [4.69, 9.17) is 11.6 Å². The Morgan fingerprint density at radius 2 is 2.16 bits per heavy atom. The van der Waals surface area contributed by atoms with Gasteiger partial charge in [0.05, 0.1) is 4.92 Å². The second kappa shape index (κ2) is 6.33. The van der Waals surface area contributed by atoms with Crippen molar-refractivity contribution in [2.45, 2.75) is 13.8 Å². The molecule has 0 aliphatic carbocycles. The van der Waals surface area contributed by atoms with E-state index in [1.54, 1.807) is 13.8 Å². The van der Waals surface area contributed by atoms with Crippen molar-refractivity contribution in [1.29, 1.82) is 0 Å². The molecular weight excluding hydrogens is 268 g/mol. The van der Waals surface area contributed by atoms with Crippen LogP contribution < -0.4 is 0 Å². The first-order chi connectivity index (χ1) is 8.88. The Bertz CT molecular complexity index is 529. The molecule has 0 atom stereocenters. The zero-order valence-corrected chi connectivity index (χ0v) is 11.6. The van der Waals surface area contributed by atoms with Gasteiger partial charge in [0.15, 0.2) is 0 Å². The minimum Gasteiger partial charge on any atom is -0.335 e. The molecule has 19 heavy (non-hydrogen) atoms. The van der Waals surface area contributed by atoms with Crippen molar-refractivity contribution in [2.24, 2.45) is 0 Å². The summed E-state index contributed by atoms with van der Waals surface area (Å²) >= 11 is 5.79. The van der Waals surface area contributed by atoms with Gasteiger partial charge in [-0.1, -0.05) is 29.8 Å². The Labute approximate surface area is 116 Å². The Balaban J connectivity index is 3.22. The Hall–Kier alpha value is -1.88. The molecule has 5 nitrogen and oxygen atoms in total.